The van der Waals surface area contributed by atoms with Gasteiger partial charge in [-0.15, -0.1) is 0 Å². The molecule has 0 unspecified atom stereocenters. The van der Waals surface area contributed by atoms with Gasteiger partial charge in [-0.3, -0.25) is 4.79 Å². The predicted molar refractivity (Wildman–Crippen MR) is 72.2 cm³/mol. The van der Waals surface area contributed by atoms with Crippen LogP contribution in [0.5, 0.6) is 0 Å². The van der Waals surface area contributed by atoms with Crippen molar-refractivity contribution in [1.82, 2.24) is 15.0 Å². The van der Waals surface area contributed by atoms with E-state index in [1.165, 1.54) is 6.20 Å². The minimum Gasteiger partial charge on any atom is -0.393 e. The van der Waals surface area contributed by atoms with Crippen LogP contribution in [0.25, 0.3) is 11.1 Å². The van der Waals surface area contributed by atoms with E-state index in [0.29, 0.717) is 23.7 Å². The lowest BCUT2D eigenvalue weighted by Gasteiger charge is -2.34. The van der Waals surface area contributed by atoms with Crippen molar-refractivity contribution in [3.63, 3.8) is 0 Å². The largest absolute Gasteiger partial charge is 0.393 e. The first kappa shape index (κ1) is 13.1. The second-order valence-corrected chi connectivity index (χ2v) is 5.52. The molecule has 20 heavy (non-hydrogen) atoms. The van der Waals surface area contributed by atoms with Gasteiger partial charge in [0.05, 0.1) is 22.7 Å². The van der Waals surface area contributed by atoms with Crippen LogP contribution in [0, 0.1) is 12.8 Å². The Morgan fingerprint density at radius 3 is 3.00 bits per heavy atom. The van der Waals surface area contributed by atoms with Gasteiger partial charge in [0, 0.05) is 19.8 Å². The molecular formula is C14H17N3O3. The molecule has 2 aromatic heterocycles. The van der Waals surface area contributed by atoms with Crippen molar-refractivity contribution in [2.75, 3.05) is 13.6 Å². The smallest absolute Gasteiger partial charge is 0.257 e. The number of carbonyl (C=O) groups is 1. The summed E-state index contributed by atoms with van der Waals surface area (Å²) in [7, 11) is 1.78. The molecule has 1 saturated carbocycles. The summed E-state index contributed by atoms with van der Waals surface area (Å²) in [6.07, 6.45) is 2.88. The third-order valence-electron chi connectivity index (χ3n) is 3.85. The van der Waals surface area contributed by atoms with Crippen LogP contribution in [0.3, 0.4) is 0 Å². The maximum absolute atomic E-state index is 12.4. The molecule has 1 N–H and O–H groups in total. The fourth-order valence-corrected chi connectivity index (χ4v) is 2.60. The number of hydrogen-bond donors (Lipinski definition) is 1. The van der Waals surface area contributed by atoms with Crippen molar-refractivity contribution in [2.24, 2.45) is 5.92 Å². The van der Waals surface area contributed by atoms with E-state index in [2.05, 4.69) is 10.1 Å². The van der Waals surface area contributed by atoms with E-state index in [1.807, 2.05) is 6.92 Å². The molecule has 0 aliphatic heterocycles. The van der Waals surface area contributed by atoms with Crippen molar-refractivity contribution in [1.29, 1.82) is 0 Å². The zero-order valence-electron chi connectivity index (χ0n) is 11.5. The SMILES string of the molecule is Cc1noc2ncc(C(=O)N(C)CC3CC(O)C3)cc12. The summed E-state index contributed by atoms with van der Waals surface area (Å²) in [5, 5.41) is 13.9. The molecule has 6 nitrogen and oxygen atoms in total. The van der Waals surface area contributed by atoms with E-state index in [4.69, 9.17) is 4.52 Å². The Labute approximate surface area is 116 Å². The molecule has 0 saturated heterocycles. The molecule has 0 atom stereocenters. The zero-order valence-corrected chi connectivity index (χ0v) is 11.5. The van der Waals surface area contributed by atoms with Gasteiger partial charge in [0.1, 0.15) is 0 Å². The third-order valence-corrected chi connectivity index (χ3v) is 3.85. The molecule has 1 fully saturated rings. The molecule has 2 heterocycles. The molecule has 0 aromatic carbocycles. The molecule has 1 aliphatic carbocycles. The van der Waals surface area contributed by atoms with Gasteiger partial charge in [0.15, 0.2) is 0 Å². The molecule has 0 radical (unpaired) electrons. The highest BCUT2D eigenvalue weighted by Gasteiger charge is 2.29. The predicted octanol–water partition coefficient (Wildman–Crippen LogP) is 1.37. The van der Waals surface area contributed by atoms with Crippen LogP contribution in [-0.4, -0.2) is 45.8 Å². The van der Waals surface area contributed by atoms with Gasteiger partial charge in [-0.05, 0) is 31.7 Å². The van der Waals surface area contributed by atoms with Crippen molar-refractivity contribution in [2.45, 2.75) is 25.9 Å². The van der Waals surface area contributed by atoms with Gasteiger partial charge in [-0.1, -0.05) is 5.16 Å². The van der Waals surface area contributed by atoms with Crippen molar-refractivity contribution < 1.29 is 14.4 Å². The number of hydrogen-bond acceptors (Lipinski definition) is 5. The summed E-state index contributed by atoms with van der Waals surface area (Å²) in [6.45, 7) is 2.48. The van der Waals surface area contributed by atoms with Gasteiger partial charge in [0.25, 0.3) is 11.6 Å². The lowest BCUT2D eigenvalue weighted by Crippen LogP contribution is -2.39. The van der Waals surface area contributed by atoms with Crippen LogP contribution in [0.15, 0.2) is 16.8 Å². The van der Waals surface area contributed by atoms with E-state index in [-0.39, 0.29) is 12.0 Å². The molecule has 1 aliphatic rings. The van der Waals surface area contributed by atoms with Crippen molar-refractivity contribution >= 4 is 17.0 Å². The molecule has 3 rings (SSSR count). The van der Waals surface area contributed by atoms with Crippen LogP contribution in [0.2, 0.25) is 0 Å². The number of aliphatic hydroxyl groups is 1. The first-order chi connectivity index (χ1) is 9.54. The lowest BCUT2D eigenvalue weighted by molar-refractivity contribution is 0.0265. The van der Waals surface area contributed by atoms with Crippen LogP contribution in [0.4, 0.5) is 0 Å². The van der Waals surface area contributed by atoms with Crippen LogP contribution < -0.4 is 0 Å². The summed E-state index contributed by atoms with van der Waals surface area (Å²) in [5.74, 6) is 0.328. The van der Waals surface area contributed by atoms with Crippen LogP contribution in [-0.2, 0) is 0 Å². The number of carbonyl (C=O) groups excluding carboxylic acids is 1. The Morgan fingerprint density at radius 2 is 2.30 bits per heavy atom. The molecule has 2 aromatic rings. The molecule has 0 bridgehead atoms. The Bertz CT molecular complexity index is 646. The van der Waals surface area contributed by atoms with E-state index in [9.17, 15) is 9.90 Å². The van der Waals surface area contributed by atoms with E-state index in [1.54, 1.807) is 18.0 Å². The normalized spacial score (nSPS) is 21.8. The van der Waals surface area contributed by atoms with Crippen LogP contribution in [0.1, 0.15) is 28.9 Å². The number of rotatable bonds is 3. The van der Waals surface area contributed by atoms with Gasteiger partial charge >= 0.3 is 0 Å². The third kappa shape index (κ3) is 2.27. The number of pyridine rings is 1. The Kier molecular flexibility index (Phi) is 3.17. The standard InChI is InChI=1S/C14H17N3O3/c1-8-12-5-10(6-15-13(12)20-16-8)14(19)17(2)7-9-3-11(18)4-9/h5-6,9,11,18H,3-4,7H2,1-2H3. The summed E-state index contributed by atoms with van der Waals surface area (Å²) in [6, 6.07) is 1.77. The Balaban J connectivity index is 1.75. The Morgan fingerprint density at radius 1 is 1.55 bits per heavy atom. The molecule has 106 valence electrons. The van der Waals surface area contributed by atoms with E-state index >= 15 is 0 Å². The first-order valence-electron chi connectivity index (χ1n) is 6.70. The topological polar surface area (TPSA) is 79.5 Å². The number of fused-ring (bicyclic) bond motifs is 1. The molecule has 1 amide bonds. The quantitative estimate of drug-likeness (QED) is 0.915. The first-order valence-corrected chi connectivity index (χ1v) is 6.70. The van der Waals surface area contributed by atoms with Crippen molar-refractivity contribution in [3.05, 3.63) is 23.5 Å². The highest BCUT2D eigenvalue weighted by molar-refractivity contribution is 5.96. The number of aliphatic hydroxyl groups excluding tert-OH is 1. The Hall–Kier alpha value is -1.95. The lowest BCUT2D eigenvalue weighted by atomic mass is 9.82. The van der Waals surface area contributed by atoms with Crippen molar-refractivity contribution in [3.8, 4) is 0 Å². The number of aromatic nitrogens is 2. The molecular weight excluding hydrogens is 258 g/mol. The highest BCUT2D eigenvalue weighted by atomic mass is 16.5. The maximum atomic E-state index is 12.4. The number of nitrogens with zero attached hydrogens (tertiary/aromatic N) is 3. The van der Waals surface area contributed by atoms with Gasteiger partial charge in [-0.2, -0.15) is 0 Å². The van der Waals surface area contributed by atoms with E-state index < -0.39 is 0 Å². The number of amides is 1. The number of aryl methyl sites for hydroxylation is 1. The highest BCUT2D eigenvalue weighted by Crippen LogP contribution is 2.28. The average Bonchev–Trinajstić information content (AvgIpc) is 2.77. The average molecular weight is 275 g/mol. The second kappa shape index (κ2) is 4.86. The van der Waals surface area contributed by atoms with Gasteiger partial charge in [-0.25, -0.2) is 4.98 Å². The van der Waals surface area contributed by atoms with Crippen LogP contribution >= 0.6 is 0 Å². The van der Waals surface area contributed by atoms with Gasteiger partial charge < -0.3 is 14.5 Å². The zero-order chi connectivity index (χ0) is 14.3. The fourth-order valence-electron chi connectivity index (χ4n) is 2.60. The summed E-state index contributed by atoms with van der Waals surface area (Å²) < 4.78 is 5.03. The second-order valence-electron chi connectivity index (χ2n) is 5.52. The maximum Gasteiger partial charge on any atom is 0.257 e. The summed E-state index contributed by atoms with van der Waals surface area (Å²) in [4.78, 5) is 18.1. The van der Waals surface area contributed by atoms with Gasteiger partial charge in [0.2, 0.25) is 0 Å². The monoisotopic (exact) mass is 275 g/mol. The molecule has 0 spiro atoms. The minimum atomic E-state index is -0.193. The fraction of sp³-hybridized carbons (Fsp3) is 0.500. The summed E-state index contributed by atoms with van der Waals surface area (Å²) >= 11 is 0. The van der Waals surface area contributed by atoms with E-state index in [0.717, 1.165) is 23.9 Å². The summed E-state index contributed by atoms with van der Waals surface area (Å²) in [5.41, 5.74) is 1.71. The minimum absolute atomic E-state index is 0.0682. The molecule has 6 heteroatoms.